The smallest absolute Gasteiger partial charge is 0.325 e. The van der Waals surface area contributed by atoms with Gasteiger partial charge in [-0.2, -0.15) is 0 Å². The number of carbonyl (C=O) groups is 1. The van der Waals surface area contributed by atoms with Gasteiger partial charge in [0.1, 0.15) is 5.75 Å². The average Bonchev–Trinajstić information content (AvgIpc) is 2.46. The summed E-state index contributed by atoms with van der Waals surface area (Å²) in [6.07, 6.45) is 0. The van der Waals surface area contributed by atoms with E-state index in [1.165, 1.54) is 6.07 Å². The first-order valence-electron chi connectivity index (χ1n) is 6.04. The molecule has 21 heavy (non-hydrogen) atoms. The molecule has 0 spiro atoms. The number of halogens is 2. The van der Waals surface area contributed by atoms with Crippen LogP contribution in [0.1, 0.15) is 0 Å². The topological polar surface area (TPSA) is 76.1 Å². The number of benzene rings is 1. The molecule has 2 aromatic rings. The van der Waals surface area contributed by atoms with Crippen molar-refractivity contribution >= 4 is 35.0 Å². The highest BCUT2D eigenvalue weighted by Gasteiger charge is 2.05. The normalized spacial score (nSPS) is 10.2. The Morgan fingerprint density at radius 1 is 1.19 bits per heavy atom. The van der Waals surface area contributed by atoms with E-state index in [9.17, 15) is 4.79 Å². The lowest BCUT2D eigenvalue weighted by Gasteiger charge is -2.08. The molecule has 0 saturated carbocycles. The molecule has 0 unspecified atom stereocenters. The fourth-order valence-corrected chi connectivity index (χ4v) is 1.84. The highest BCUT2D eigenvalue weighted by molar-refractivity contribution is 6.35. The summed E-state index contributed by atoms with van der Waals surface area (Å²) in [7, 11) is 0. The quantitative estimate of drug-likeness (QED) is 0.367. The average molecular weight is 327 g/mol. The van der Waals surface area contributed by atoms with E-state index in [1.807, 2.05) is 6.07 Å². The molecular formula is C13H12Cl2N4O2. The van der Waals surface area contributed by atoms with Gasteiger partial charge in [0.25, 0.3) is 0 Å². The number of nitrogens with zero attached hydrogens (tertiary/aromatic N) is 2. The minimum Gasteiger partial charge on any atom is -0.426 e. The van der Waals surface area contributed by atoms with Crippen molar-refractivity contribution in [2.24, 2.45) is 0 Å². The Kier molecular flexibility index (Phi) is 5.74. The molecule has 8 heteroatoms. The van der Waals surface area contributed by atoms with Gasteiger partial charge in [-0.05, 0) is 18.2 Å². The van der Waals surface area contributed by atoms with Crippen molar-refractivity contribution in [3.05, 3.63) is 46.6 Å². The van der Waals surface area contributed by atoms with E-state index in [4.69, 9.17) is 27.9 Å². The van der Waals surface area contributed by atoms with Crippen LogP contribution in [0.3, 0.4) is 0 Å². The van der Waals surface area contributed by atoms with Crippen LogP contribution in [0.4, 0.5) is 5.82 Å². The van der Waals surface area contributed by atoms with Gasteiger partial charge in [0.05, 0.1) is 18.2 Å². The van der Waals surface area contributed by atoms with Gasteiger partial charge in [-0.3, -0.25) is 10.1 Å². The summed E-state index contributed by atoms with van der Waals surface area (Å²) in [5.74, 6) is 0.491. The Morgan fingerprint density at radius 2 is 1.95 bits per heavy atom. The second-order valence-corrected chi connectivity index (χ2v) is 4.73. The summed E-state index contributed by atoms with van der Waals surface area (Å²) >= 11 is 11.5. The van der Waals surface area contributed by atoms with Gasteiger partial charge in [-0.25, -0.2) is 0 Å². The van der Waals surface area contributed by atoms with Crippen molar-refractivity contribution in [1.82, 2.24) is 15.5 Å². The lowest BCUT2D eigenvalue weighted by Crippen LogP contribution is -2.30. The monoisotopic (exact) mass is 326 g/mol. The van der Waals surface area contributed by atoms with Gasteiger partial charge in [0, 0.05) is 0 Å². The maximum absolute atomic E-state index is 11.6. The molecular weight excluding hydrogens is 315 g/mol. The third kappa shape index (κ3) is 5.18. The minimum absolute atomic E-state index is 0.0422. The maximum Gasteiger partial charge on any atom is 0.325 e. The predicted octanol–water partition coefficient (Wildman–Crippen LogP) is 2.35. The Balaban J connectivity index is 1.71. The Bertz CT molecular complexity index is 610. The molecule has 0 aliphatic carbocycles. The number of rotatable bonds is 6. The fourth-order valence-electron chi connectivity index (χ4n) is 1.43. The lowest BCUT2D eigenvalue weighted by atomic mass is 10.3. The minimum atomic E-state index is -0.392. The Hall–Kier alpha value is -1.89. The van der Waals surface area contributed by atoms with E-state index in [1.54, 1.807) is 24.3 Å². The van der Waals surface area contributed by atoms with Gasteiger partial charge in [-0.1, -0.05) is 41.4 Å². The molecule has 0 bridgehead atoms. The van der Waals surface area contributed by atoms with Crippen LogP contribution >= 0.6 is 23.2 Å². The van der Waals surface area contributed by atoms with E-state index in [0.29, 0.717) is 16.6 Å². The summed E-state index contributed by atoms with van der Waals surface area (Å²) in [6, 6.07) is 10.3. The van der Waals surface area contributed by atoms with Crippen LogP contribution in [0.25, 0.3) is 0 Å². The van der Waals surface area contributed by atoms with Crippen LogP contribution in [0.2, 0.25) is 10.2 Å². The van der Waals surface area contributed by atoms with E-state index in [-0.39, 0.29) is 18.4 Å². The number of ether oxygens (including phenoxy) is 1. The van der Waals surface area contributed by atoms with Crippen molar-refractivity contribution in [2.75, 3.05) is 18.5 Å². The van der Waals surface area contributed by atoms with E-state index >= 15 is 0 Å². The van der Waals surface area contributed by atoms with Crippen molar-refractivity contribution in [3.8, 4) is 5.75 Å². The third-order valence-electron chi connectivity index (χ3n) is 2.34. The zero-order valence-corrected chi connectivity index (χ0v) is 12.4. The van der Waals surface area contributed by atoms with Crippen molar-refractivity contribution < 1.29 is 9.53 Å². The van der Waals surface area contributed by atoms with E-state index < -0.39 is 5.97 Å². The summed E-state index contributed by atoms with van der Waals surface area (Å²) in [4.78, 5) is 11.6. The molecule has 2 rings (SSSR count). The number of aromatic nitrogens is 2. The number of hydrogen-bond acceptors (Lipinski definition) is 6. The molecule has 0 saturated heterocycles. The second-order valence-electron chi connectivity index (χ2n) is 3.93. The predicted molar refractivity (Wildman–Crippen MR) is 80.6 cm³/mol. The molecule has 1 heterocycles. The number of para-hydroxylation sites is 1. The molecule has 110 valence electrons. The number of esters is 1. The summed E-state index contributed by atoms with van der Waals surface area (Å²) < 4.78 is 5.11. The molecule has 6 nitrogen and oxygen atoms in total. The number of anilines is 1. The first kappa shape index (κ1) is 15.5. The van der Waals surface area contributed by atoms with Gasteiger partial charge < -0.3 is 10.1 Å². The van der Waals surface area contributed by atoms with E-state index in [2.05, 4.69) is 20.8 Å². The fraction of sp³-hybridized carbons (Fsp3) is 0.154. The highest BCUT2D eigenvalue weighted by Crippen LogP contribution is 2.19. The van der Waals surface area contributed by atoms with Gasteiger partial charge >= 0.3 is 5.97 Å². The molecule has 0 radical (unpaired) electrons. The third-order valence-corrected chi connectivity index (χ3v) is 2.82. The Morgan fingerprint density at radius 3 is 2.67 bits per heavy atom. The van der Waals surface area contributed by atoms with Crippen molar-refractivity contribution in [2.45, 2.75) is 0 Å². The largest absolute Gasteiger partial charge is 0.426 e. The van der Waals surface area contributed by atoms with Crippen LogP contribution in [0.15, 0.2) is 36.4 Å². The summed E-state index contributed by atoms with van der Waals surface area (Å²) in [5.41, 5.74) is 0. The molecule has 0 atom stereocenters. The Labute approximate surface area is 131 Å². The summed E-state index contributed by atoms with van der Waals surface area (Å²) in [5, 5.41) is 13.7. The zero-order chi connectivity index (χ0) is 15.1. The van der Waals surface area contributed by atoms with Crippen molar-refractivity contribution in [3.63, 3.8) is 0 Å². The highest BCUT2D eigenvalue weighted by atomic mass is 35.5. The first-order chi connectivity index (χ1) is 10.1. The van der Waals surface area contributed by atoms with Crippen LogP contribution in [0, 0.1) is 0 Å². The van der Waals surface area contributed by atoms with Gasteiger partial charge in [-0.15, -0.1) is 10.2 Å². The maximum atomic E-state index is 11.6. The second kappa shape index (κ2) is 7.78. The first-order valence-corrected chi connectivity index (χ1v) is 6.80. The van der Waals surface area contributed by atoms with Crippen molar-refractivity contribution in [1.29, 1.82) is 0 Å². The van der Waals surface area contributed by atoms with Crippen LogP contribution in [0.5, 0.6) is 5.75 Å². The standard InChI is InChI=1S/C13H12Cl2N4O2/c14-10-6-11(15)18-19-13(10)17-8-16-7-12(20)21-9-4-2-1-3-5-9/h1-6,16H,7-8H2,(H,17,19). The zero-order valence-electron chi connectivity index (χ0n) is 10.8. The number of carbonyl (C=O) groups excluding carboxylic acids is 1. The molecule has 1 aromatic heterocycles. The molecule has 0 aliphatic rings. The molecule has 0 fully saturated rings. The number of hydrogen-bond donors (Lipinski definition) is 2. The lowest BCUT2D eigenvalue weighted by molar-refractivity contribution is -0.133. The molecule has 2 N–H and O–H groups in total. The van der Waals surface area contributed by atoms with Crippen LogP contribution in [-0.4, -0.2) is 29.4 Å². The number of nitrogens with one attached hydrogen (secondary N) is 2. The molecule has 0 aliphatic heterocycles. The molecule has 0 amide bonds. The summed E-state index contributed by atoms with van der Waals surface area (Å²) in [6.45, 7) is 0.320. The molecule has 1 aromatic carbocycles. The van der Waals surface area contributed by atoms with Crippen LogP contribution < -0.4 is 15.4 Å². The van der Waals surface area contributed by atoms with Gasteiger partial charge in [0.15, 0.2) is 11.0 Å². The van der Waals surface area contributed by atoms with E-state index in [0.717, 1.165) is 0 Å². The van der Waals surface area contributed by atoms with Gasteiger partial charge in [0.2, 0.25) is 0 Å². The SMILES string of the molecule is O=C(CNCNc1nnc(Cl)cc1Cl)Oc1ccccc1. The van der Waals surface area contributed by atoms with Crippen LogP contribution in [-0.2, 0) is 4.79 Å².